The monoisotopic (exact) mass is 462 g/mol. The Hall–Kier alpha value is -3.31. The number of amides is 3. The Balaban J connectivity index is 1.64. The number of nitrogens with two attached hydrogens (primary N) is 1. The van der Waals surface area contributed by atoms with Gasteiger partial charge >= 0.3 is 12.2 Å². The summed E-state index contributed by atoms with van der Waals surface area (Å²) in [5.74, 6) is 0.341. The summed E-state index contributed by atoms with van der Waals surface area (Å²) in [5.41, 5.74) is 5.78. The largest absolute Gasteiger partial charge is 0.528 e. The average Bonchev–Trinajstić information content (AvgIpc) is 3.08. The van der Waals surface area contributed by atoms with Crippen LogP contribution < -0.4 is 21.1 Å². The first-order valence-corrected chi connectivity index (χ1v) is 10.7. The summed E-state index contributed by atoms with van der Waals surface area (Å²) in [6, 6.07) is 8.04. The molecule has 0 spiro atoms. The molecule has 0 atom stereocenters. The van der Waals surface area contributed by atoms with Gasteiger partial charge in [-0.2, -0.15) is 0 Å². The number of nitrogens with one attached hydrogen (secondary N) is 2. The molecule has 1 fully saturated rings. The van der Waals surface area contributed by atoms with Crippen LogP contribution in [0.5, 0.6) is 5.75 Å². The van der Waals surface area contributed by atoms with Crippen molar-refractivity contribution in [2.45, 2.75) is 32.4 Å². The van der Waals surface area contributed by atoms with Gasteiger partial charge in [0.15, 0.2) is 0 Å². The van der Waals surface area contributed by atoms with Crippen molar-refractivity contribution >= 4 is 34.4 Å². The van der Waals surface area contributed by atoms with Crippen molar-refractivity contribution in [1.29, 1.82) is 0 Å². The summed E-state index contributed by atoms with van der Waals surface area (Å²) >= 11 is 1.24. The third-order valence-corrected chi connectivity index (χ3v) is 5.46. The first-order valence-electron chi connectivity index (χ1n) is 9.85. The van der Waals surface area contributed by atoms with E-state index in [1.54, 1.807) is 33.9 Å². The van der Waals surface area contributed by atoms with E-state index >= 15 is 0 Å². The highest BCUT2D eigenvalue weighted by atomic mass is 32.1. The Kier molecular flexibility index (Phi) is 6.90. The number of ether oxygens (including phenoxy) is 2. The lowest BCUT2D eigenvalue weighted by Gasteiger charge is -2.37. The summed E-state index contributed by atoms with van der Waals surface area (Å²) in [6.45, 7) is 5.86. The fourth-order valence-electron chi connectivity index (χ4n) is 2.90. The van der Waals surface area contributed by atoms with E-state index < -0.39 is 17.8 Å². The van der Waals surface area contributed by atoms with Gasteiger partial charge in [0.05, 0.1) is 31.8 Å². The number of thiophene rings is 1. The van der Waals surface area contributed by atoms with Gasteiger partial charge in [-0.05, 0) is 56.7 Å². The molecular weight excluding hydrogens is 436 g/mol. The van der Waals surface area contributed by atoms with Gasteiger partial charge in [-0.1, -0.05) is 0 Å². The van der Waals surface area contributed by atoms with Crippen molar-refractivity contribution in [3.8, 4) is 16.2 Å². The number of nitrogens with zero attached hydrogens (tertiary/aromatic N) is 1. The van der Waals surface area contributed by atoms with Crippen molar-refractivity contribution in [2.75, 3.05) is 25.5 Å². The van der Waals surface area contributed by atoms with E-state index in [2.05, 4.69) is 10.6 Å². The van der Waals surface area contributed by atoms with Gasteiger partial charge < -0.3 is 25.4 Å². The van der Waals surface area contributed by atoms with E-state index in [9.17, 15) is 14.4 Å². The highest BCUT2D eigenvalue weighted by Gasteiger charge is 2.33. The van der Waals surface area contributed by atoms with Crippen LogP contribution in [0, 0.1) is 0 Å². The van der Waals surface area contributed by atoms with E-state index in [0.717, 1.165) is 10.4 Å². The quantitative estimate of drug-likeness (QED) is 0.562. The van der Waals surface area contributed by atoms with Gasteiger partial charge in [-0.15, -0.1) is 16.4 Å². The van der Waals surface area contributed by atoms with Crippen molar-refractivity contribution in [3.05, 3.63) is 35.9 Å². The van der Waals surface area contributed by atoms with Gasteiger partial charge in [-0.3, -0.25) is 10.1 Å². The van der Waals surface area contributed by atoms with Crippen LogP contribution in [0.2, 0.25) is 0 Å². The Morgan fingerprint density at radius 3 is 2.38 bits per heavy atom. The van der Waals surface area contributed by atoms with E-state index in [1.165, 1.54) is 16.4 Å². The predicted octanol–water partition coefficient (Wildman–Crippen LogP) is 3.20. The van der Waals surface area contributed by atoms with Gasteiger partial charge in [0.25, 0.3) is 5.91 Å². The molecular formula is C21H26N4O6S. The summed E-state index contributed by atoms with van der Waals surface area (Å²) in [5, 5.41) is 7.12. The number of primary amides is 1. The second-order valence-electron chi connectivity index (χ2n) is 8.14. The van der Waals surface area contributed by atoms with Crippen LogP contribution >= 0.6 is 11.3 Å². The van der Waals surface area contributed by atoms with Crippen LogP contribution in [0.15, 0.2) is 30.3 Å². The Labute approximate surface area is 189 Å². The normalized spacial score (nSPS) is 14.2. The van der Waals surface area contributed by atoms with E-state index in [0.29, 0.717) is 29.4 Å². The zero-order valence-electron chi connectivity index (χ0n) is 18.3. The second kappa shape index (κ2) is 9.45. The smallest absolute Gasteiger partial charge is 0.497 e. The number of anilines is 1. The maximum Gasteiger partial charge on any atom is 0.528 e. The third-order valence-electron chi connectivity index (χ3n) is 4.36. The van der Waals surface area contributed by atoms with Crippen LogP contribution in [-0.2, 0) is 9.57 Å². The van der Waals surface area contributed by atoms with Gasteiger partial charge in [0.1, 0.15) is 16.4 Å². The van der Waals surface area contributed by atoms with Gasteiger partial charge in [0.2, 0.25) is 0 Å². The third kappa shape index (κ3) is 6.11. The minimum Gasteiger partial charge on any atom is -0.497 e. The van der Waals surface area contributed by atoms with Crippen LogP contribution in [0.25, 0.3) is 10.4 Å². The molecule has 1 aromatic carbocycles. The minimum atomic E-state index is -0.794. The molecule has 1 saturated heterocycles. The lowest BCUT2D eigenvalue weighted by atomic mass is 10.1. The first-order chi connectivity index (χ1) is 15.0. The van der Waals surface area contributed by atoms with Crippen molar-refractivity contribution in [1.82, 2.24) is 10.4 Å². The Morgan fingerprint density at radius 2 is 1.81 bits per heavy atom. The summed E-state index contributed by atoms with van der Waals surface area (Å²) < 4.78 is 10.3. The number of hydroxylamine groups is 2. The highest BCUT2D eigenvalue weighted by molar-refractivity contribution is 7.20. The molecule has 0 radical (unpaired) electrons. The van der Waals surface area contributed by atoms with Crippen LogP contribution in [0.1, 0.15) is 31.1 Å². The highest BCUT2D eigenvalue weighted by Crippen LogP contribution is 2.36. The molecule has 4 N–H and O–H groups in total. The van der Waals surface area contributed by atoms with E-state index in [4.69, 9.17) is 20.0 Å². The number of rotatable bonds is 6. The van der Waals surface area contributed by atoms with Gasteiger partial charge in [-0.25, -0.2) is 9.59 Å². The number of benzene rings is 1. The fraction of sp³-hybridized carbons (Fsp3) is 0.381. The molecule has 32 heavy (non-hydrogen) atoms. The Morgan fingerprint density at radius 1 is 1.16 bits per heavy atom. The zero-order valence-corrected chi connectivity index (χ0v) is 19.1. The SMILES string of the molecule is COc1ccc(-c2cc(C(=O)NC3CN(OC(=O)OC(C)(C)C)C3)c(NC(N)=O)s2)cc1. The number of carbonyl (C=O) groups is 3. The fourth-order valence-corrected chi connectivity index (χ4v) is 3.97. The number of methoxy groups -OCH3 is 1. The lowest BCUT2D eigenvalue weighted by molar-refractivity contribution is -0.183. The number of urea groups is 1. The number of hydrogen-bond donors (Lipinski definition) is 3. The molecule has 1 aliphatic heterocycles. The predicted molar refractivity (Wildman–Crippen MR) is 120 cm³/mol. The molecule has 1 aliphatic rings. The van der Waals surface area contributed by atoms with Crippen LogP contribution in [0.3, 0.4) is 0 Å². The van der Waals surface area contributed by atoms with Crippen LogP contribution in [0.4, 0.5) is 14.6 Å². The molecule has 0 bridgehead atoms. The molecule has 10 nitrogen and oxygen atoms in total. The molecule has 3 rings (SSSR count). The maximum absolute atomic E-state index is 12.8. The standard InChI is InChI=1S/C21H26N4O6S/c1-21(2,3)30-20(28)31-25-10-13(11-25)23-17(26)15-9-16(32-18(15)24-19(22)27)12-5-7-14(29-4)8-6-12/h5-9,13H,10-11H2,1-4H3,(H,23,26)(H3,22,24,27). The molecule has 0 aliphatic carbocycles. The van der Waals surface area contributed by atoms with Crippen LogP contribution in [-0.4, -0.2) is 55.0 Å². The Bertz CT molecular complexity index is 993. The summed E-state index contributed by atoms with van der Waals surface area (Å²) in [6.07, 6.45) is -0.794. The topological polar surface area (TPSA) is 132 Å². The lowest BCUT2D eigenvalue weighted by Crippen LogP contribution is -2.59. The number of carbonyl (C=O) groups excluding carboxylic acids is 3. The first kappa shape index (κ1) is 23.4. The summed E-state index contributed by atoms with van der Waals surface area (Å²) in [4.78, 5) is 41.8. The summed E-state index contributed by atoms with van der Waals surface area (Å²) in [7, 11) is 1.58. The van der Waals surface area contributed by atoms with E-state index in [1.807, 2.05) is 24.3 Å². The van der Waals surface area contributed by atoms with Crippen molar-refractivity contribution in [3.63, 3.8) is 0 Å². The molecule has 3 amide bonds. The molecule has 172 valence electrons. The maximum atomic E-state index is 12.8. The number of hydrogen-bond acceptors (Lipinski definition) is 8. The average molecular weight is 463 g/mol. The van der Waals surface area contributed by atoms with Crippen molar-refractivity contribution in [2.24, 2.45) is 5.73 Å². The second-order valence-corrected chi connectivity index (χ2v) is 9.20. The minimum absolute atomic E-state index is 0.226. The van der Waals surface area contributed by atoms with Crippen molar-refractivity contribution < 1.29 is 28.7 Å². The molecule has 0 saturated carbocycles. The van der Waals surface area contributed by atoms with Gasteiger partial charge in [0, 0.05) is 4.88 Å². The molecule has 1 aromatic heterocycles. The molecule has 11 heteroatoms. The molecule has 0 unspecified atom stereocenters. The molecule has 2 heterocycles. The van der Waals surface area contributed by atoms with E-state index in [-0.39, 0.29) is 11.9 Å². The zero-order chi connectivity index (χ0) is 23.5. The molecule has 2 aromatic rings.